The lowest BCUT2D eigenvalue weighted by atomic mass is 9.97. The van der Waals surface area contributed by atoms with Crippen molar-refractivity contribution < 1.29 is 18.4 Å². The molecule has 2 heterocycles. The summed E-state index contributed by atoms with van der Waals surface area (Å²) in [5.74, 6) is -0.514. The number of amides is 2. The largest absolute Gasteiger partial charge is 0.464 e. The molecule has 1 aromatic heterocycles. The lowest BCUT2D eigenvalue weighted by Gasteiger charge is -2.27. The van der Waals surface area contributed by atoms with Gasteiger partial charge in [-0.2, -0.15) is 0 Å². The molecule has 1 aliphatic heterocycles. The molecule has 3 atom stereocenters. The normalized spacial score (nSPS) is 20.0. The minimum absolute atomic E-state index is 0.0195. The minimum Gasteiger partial charge on any atom is -0.464 e. The molecule has 7 heteroatoms. The molecule has 1 N–H and O–H groups in total. The number of carbonyl (C=O) groups excluding carboxylic acids is 2. The maximum atomic E-state index is 14.3. The van der Waals surface area contributed by atoms with E-state index in [-0.39, 0.29) is 35.8 Å². The highest BCUT2D eigenvalue weighted by Gasteiger charge is 2.55. The summed E-state index contributed by atoms with van der Waals surface area (Å²) in [7, 11) is 0. The Morgan fingerprint density at radius 2 is 1.92 bits per heavy atom. The molecule has 0 unspecified atom stereocenters. The van der Waals surface area contributed by atoms with Crippen LogP contribution < -0.4 is 5.32 Å². The van der Waals surface area contributed by atoms with Gasteiger partial charge in [-0.1, -0.05) is 54.9 Å². The molecule has 2 amide bonds. The molecule has 2 aliphatic rings. The van der Waals surface area contributed by atoms with Crippen molar-refractivity contribution in [2.24, 2.45) is 5.92 Å². The van der Waals surface area contributed by atoms with Crippen molar-refractivity contribution in [1.82, 2.24) is 10.2 Å². The summed E-state index contributed by atoms with van der Waals surface area (Å²) in [6.45, 7) is 2.15. The highest BCUT2D eigenvalue weighted by Crippen LogP contribution is 2.48. The molecule has 1 aliphatic carbocycles. The van der Waals surface area contributed by atoms with Gasteiger partial charge in [0.2, 0.25) is 11.8 Å². The quantitative estimate of drug-likeness (QED) is 0.305. The third kappa shape index (κ3) is 4.58. The number of aryl methyl sites for hydroxylation is 1. The zero-order chi connectivity index (χ0) is 26.4. The van der Waals surface area contributed by atoms with E-state index in [1.54, 1.807) is 23.3 Å². The number of carbonyl (C=O) groups is 2. The summed E-state index contributed by atoms with van der Waals surface area (Å²) in [5, 5.41) is 3.78. The topological polar surface area (TPSA) is 62.6 Å². The Hall–Kier alpha value is -3.64. The zero-order valence-electron chi connectivity index (χ0n) is 21.0. The maximum Gasteiger partial charge on any atom is 0.243 e. The third-order valence-electron chi connectivity index (χ3n) is 7.79. The summed E-state index contributed by atoms with van der Waals surface area (Å²) in [6, 6.07) is 18.5. The van der Waals surface area contributed by atoms with Crippen LogP contribution in [-0.4, -0.2) is 28.8 Å². The molecule has 1 saturated carbocycles. The fourth-order valence-corrected chi connectivity index (χ4v) is 5.91. The van der Waals surface area contributed by atoms with Gasteiger partial charge in [0, 0.05) is 29.1 Å². The van der Waals surface area contributed by atoms with E-state index < -0.39 is 11.9 Å². The van der Waals surface area contributed by atoms with E-state index in [9.17, 15) is 14.0 Å². The average Bonchev–Trinajstić information content (AvgIpc) is 3.33. The number of likely N-dealkylation sites (tertiary alicyclic amines) is 1. The maximum absolute atomic E-state index is 14.3. The van der Waals surface area contributed by atoms with Crippen LogP contribution in [0, 0.1) is 11.7 Å². The Labute approximate surface area is 225 Å². The van der Waals surface area contributed by atoms with E-state index in [1.165, 1.54) is 11.6 Å². The molecular weight excluding hydrogens is 503 g/mol. The number of halogens is 2. The van der Waals surface area contributed by atoms with Gasteiger partial charge < -0.3 is 14.6 Å². The predicted molar refractivity (Wildman–Crippen MR) is 145 cm³/mol. The Morgan fingerprint density at radius 1 is 1.08 bits per heavy atom. The number of nitrogens with one attached hydrogen (secondary N) is 1. The number of rotatable bonds is 7. The van der Waals surface area contributed by atoms with E-state index in [0.29, 0.717) is 17.9 Å². The van der Waals surface area contributed by atoms with Gasteiger partial charge in [-0.15, -0.1) is 0 Å². The smallest absolute Gasteiger partial charge is 0.243 e. The number of fused-ring (bicyclic) bond motifs is 2. The van der Waals surface area contributed by atoms with Crippen molar-refractivity contribution in [2.75, 3.05) is 0 Å². The van der Waals surface area contributed by atoms with E-state index >= 15 is 0 Å². The highest BCUT2D eigenvalue weighted by molar-refractivity contribution is 6.30. The van der Waals surface area contributed by atoms with Crippen LogP contribution >= 0.6 is 11.6 Å². The summed E-state index contributed by atoms with van der Waals surface area (Å²) in [6.07, 6.45) is 4.35. The van der Waals surface area contributed by atoms with Gasteiger partial charge >= 0.3 is 0 Å². The van der Waals surface area contributed by atoms with Crippen LogP contribution in [0.1, 0.15) is 36.5 Å². The van der Waals surface area contributed by atoms with Crippen LogP contribution in [0.15, 0.2) is 71.3 Å². The fraction of sp³-hybridized carbons (Fsp3) is 0.290. The lowest BCUT2D eigenvalue weighted by Crippen LogP contribution is -2.48. The Bertz CT molecular complexity index is 1550. The molecule has 1 saturated heterocycles. The first kappa shape index (κ1) is 24.7. The van der Waals surface area contributed by atoms with Crippen molar-refractivity contribution in [3.8, 4) is 11.1 Å². The molecule has 0 spiro atoms. The van der Waals surface area contributed by atoms with Gasteiger partial charge in [0.1, 0.15) is 17.4 Å². The van der Waals surface area contributed by atoms with E-state index in [4.69, 9.17) is 16.0 Å². The molecule has 38 heavy (non-hydrogen) atoms. The second-order valence-electron chi connectivity index (χ2n) is 10.3. The average molecular weight is 531 g/mol. The third-order valence-corrected chi connectivity index (χ3v) is 8.08. The molecule has 0 bridgehead atoms. The number of furan rings is 1. The van der Waals surface area contributed by atoms with Gasteiger partial charge in [-0.25, -0.2) is 4.39 Å². The molecule has 3 aromatic carbocycles. The van der Waals surface area contributed by atoms with Gasteiger partial charge in [-0.05, 0) is 66.1 Å². The van der Waals surface area contributed by atoms with Gasteiger partial charge in [0.05, 0.1) is 17.7 Å². The van der Waals surface area contributed by atoms with Crippen molar-refractivity contribution in [3.05, 3.63) is 94.5 Å². The Morgan fingerprint density at radius 3 is 2.76 bits per heavy atom. The van der Waals surface area contributed by atoms with Crippen LogP contribution in [0.25, 0.3) is 22.1 Å². The van der Waals surface area contributed by atoms with Crippen molar-refractivity contribution >= 4 is 34.4 Å². The standard InChI is InChI=1S/C31H28ClFN2O3/c1-2-18-5-3-6-20(11-18)24-13-19(12-21-9-10-38-30(21)24)14-28(36)35-26-15-23(26)16-27(35)31(37)34-17-22-7-4-8-25(32)29(22)33/h3-13,23,26-27H,2,14-17H2,1H3,(H,34,37)/t23-,26-,27+/m1/s1. The fourth-order valence-electron chi connectivity index (χ4n) is 5.72. The number of nitrogens with zero attached hydrogens (tertiary/aromatic N) is 1. The first-order valence-electron chi connectivity index (χ1n) is 13.0. The van der Waals surface area contributed by atoms with Gasteiger partial charge in [0.25, 0.3) is 0 Å². The van der Waals surface area contributed by atoms with Crippen molar-refractivity contribution in [2.45, 2.75) is 51.2 Å². The van der Waals surface area contributed by atoms with Crippen LogP contribution in [-0.2, 0) is 29.0 Å². The highest BCUT2D eigenvalue weighted by atomic mass is 35.5. The molecule has 194 valence electrons. The van der Waals surface area contributed by atoms with E-state index in [2.05, 4.69) is 30.4 Å². The molecule has 2 fully saturated rings. The Kier molecular flexibility index (Phi) is 6.44. The van der Waals surface area contributed by atoms with Crippen LogP contribution in [0.2, 0.25) is 5.02 Å². The van der Waals surface area contributed by atoms with E-state index in [0.717, 1.165) is 40.5 Å². The molecular formula is C31H28ClFN2O3. The second-order valence-corrected chi connectivity index (χ2v) is 10.7. The predicted octanol–water partition coefficient (Wildman–Crippen LogP) is 6.30. The molecule has 4 aromatic rings. The summed E-state index contributed by atoms with van der Waals surface area (Å²) in [5.41, 5.74) is 5.22. The van der Waals surface area contributed by atoms with E-state index in [1.807, 2.05) is 24.3 Å². The number of benzene rings is 3. The SMILES string of the molecule is CCc1cccc(-c2cc(CC(=O)N3[C@@H]4C[C@@H]4C[C@H]3C(=O)NCc3cccc(Cl)c3F)cc3ccoc23)c1. The van der Waals surface area contributed by atoms with Gasteiger partial charge in [0.15, 0.2) is 0 Å². The van der Waals surface area contributed by atoms with Gasteiger partial charge in [-0.3, -0.25) is 9.59 Å². The minimum atomic E-state index is -0.549. The monoisotopic (exact) mass is 530 g/mol. The second kappa shape index (κ2) is 9.91. The lowest BCUT2D eigenvalue weighted by molar-refractivity contribution is -0.139. The molecule has 0 radical (unpaired) electrons. The molecule has 5 nitrogen and oxygen atoms in total. The first-order chi connectivity index (χ1) is 18.4. The summed E-state index contributed by atoms with van der Waals surface area (Å²) < 4.78 is 20.1. The van der Waals surface area contributed by atoms with Crippen LogP contribution in [0.5, 0.6) is 0 Å². The molecule has 6 rings (SSSR count). The number of hydrogen-bond donors (Lipinski definition) is 1. The number of hydrogen-bond acceptors (Lipinski definition) is 3. The number of piperidine rings is 1. The summed E-state index contributed by atoms with van der Waals surface area (Å²) >= 11 is 5.87. The first-order valence-corrected chi connectivity index (χ1v) is 13.4. The summed E-state index contributed by atoms with van der Waals surface area (Å²) in [4.78, 5) is 28.5. The van der Waals surface area contributed by atoms with Crippen LogP contribution in [0.3, 0.4) is 0 Å². The van der Waals surface area contributed by atoms with Crippen LogP contribution in [0.4, 0.5) is 4.39 Å². The van der Waals surface area contributed by atoms with Crippen molar-refractivity contribution in [1.29, 1.82) is 0 Å². The zero-order valence-corrected chi connectivity index (χ0v) is 21.8. The Balaban J connectivity index is 1.22. The van der Waals surface area contributed by atoms with Crippen molar-refractivity contribution in [3.63, 3.8) is 0 Å².